The fourth-order valence-electron chi connectivity index (χ4n) is 9.25. The number of ketones is 1. The van der Waals surface area contributed by atoms with Crippen molar-refractivity contribution in [3.8, 4) is 29.3 Å². The first-order valence-electron chi connectivity index (χ1n) is 20.6. The van der Waals surface area contributed by atoms with Gasteiger partial charge in [-0.1, -0.05) is 37.0 Å². The van der Waals surface area contributed by atoms with Gasteiger partial charge in [0, 0.05) is 53.9 Å². The number of phenols is 1. The maximum Gasteiger partial charge on any atom is 0.254 e. The summed E-state index contributed by atoms with van der Waals surface area (Å²) in [6.07, 6.45) is 2.95. The molecule has 4 aromatic carbocycles. The third-order valence-corrected chi connectivity index (χ3v) is 12.4. The van der Waals surface area contributed by atoms with E-state index in [0.29, 0.717) is 28.7 Å². The van der Waals surface area contributed by atoms with Crippen molar-refractivity contribution in [3.63, 3.8) is 0 Å². The summed E-state index contributed by atoms with van der Waals surface area (Å²) in [5.41, 5.74) is 5.77. The molecule has 5 aromatic rings. The molecule has 13 heteroatoms. The molecule has 4 heterocycles. The molecule has 5 N–H and O–H groups in total. The van der Waals surface area contributed by atoms with Crippen molar-refractivity contribution in [2.45, 2.75) is 94.7 Å². The van der Waals surface area contributed by atoms with Gasteiger partial charge in [0.25, 0.3) is 5.91 Å². The van der Waals surface area contributed by atoms with Gasteiger partial charge < -0.3 is 54.0 Å². The van der Waals surface area contributed by atoms with E-state index >= 15 is 0 Å². The van der Waals surface area contributed by atoms with Crippen LogP contribution in [0.15, 0.2) is 60.8 Å². The van der Waals surface area contributed by atoms with E-state index in [1.165, 1.54) is 12.0 Å². The molecule has 1 saturated carbocycles. The zero-order valence-corrected chi connectivity index (χ0v) is 33.3. The number of benzene rings is 4. The highest BCUT2D eigenvalue weighted by Crippen LogP contribution is 2.47. The lowest BCUT2D eigenvalue weighted by Gasteiger charge is -2.41. The van der Waals surface area contributed by atoms with Crippen LogP contribution >= 0.6 is 0 Å². The minimum Gasteiger partial charge on any atom is -0.506 e. The lowest BCUT2D eigenvalue weighted by molar-refractivity contribution is -0.279. The number of fused-ring (bicyclic) bond motifs is 5. The normalized spacial score (nSPS) is 23.0. The van der Waals surface area contributed by atoms with Crippen molar-refractivity contribution >= 4 is 33.4 Å². The van der Waals surface area contributed by atoms with Crippen LogP contribution in [-0.2, 0) is 40.2 Å². The number of aliphatic hydroxyl groups is 3. The number of aryl methyl sites for hydroxylation is 1. The highest BCUT2D eigenvalue weighted by molar-refractivity contribution is 6.11. The Balaban J connectivity index is 1.09. The number of rotatable bonds is 9. The van der Waals surface area contributed by atoms with Gasteiger partial charge in [-0.3, -0.25) is 9.59 Å². The van der Waals surface area contributed by atoms with Gasteiger partial charge in [-0.15, -0.1) is 0 Å². The molecule has 2 fully saturated rings. The monoisotopic (exact) mass is 816 g/mol. The van der Waals surface area contributed by atoms with Gasteiger partial charge in [-0.05, 0) is 89.6 Å². The standard InChI is InChI=1S/C47H48N2O11/c1-56-31-18-29-19-34(27-8-2-3-9-27)41-37(51)23-49-22-35-28(10-4-12-32(35)46(49)55)11-6-16-58-45-42(52)39(60-47(44(45)54)59-38(20-31)40(29)43(41)53)25-57-24-30-21-48-36-14-13-26(7-5-15-50)17-33(30)36/h4,10,12-14,17-21,27,39,42,44-45,47-48,50,52-54H,2-3,5,7-9,11,15,22-25H2,1H3/t39-,42-,44-,45+,47+/m1/s1. The third kappa shape index (κ3) is 7.43. The summed E-state index contributed by atoms with van der Waals surface area (Å²) in [6.45, 7) is 0.106. The number of aliphatic hydroxyl groups excluding tert-OH is 3. The molecule has 9 rings (SSSR count). The van der Waals surface area contributed by atoms with Crippen LogP contribution in [0.25, 0.3) is 21.7 Å². The number of carbonyl (C=O) groups excluding carboxylic acids is 2. The van der Waals surface area contributed by atoms with Crippen molar-refractivity contribution in [2.75, 3.05) is 26.9 Å². The Hall–Kier alpha value is -5.62. The molecular weight excluding hydrogens is 769 g/mol. The number of nitrogens with zero attached hydrogens (tertiary/aromatic N) is 1. The van der Waals surface area contributed by atoms with Crippen LogP contribution in [0.2, 0.25) is 0 Å². The summed E-state index contributed by atoms with van der Waals surface area (Å²) in [7, 11) is 1.50. The van der Waals surface area contributed by atoms with Crippen LogP contribution in [0.4, 0.5) is 0 Å². The van der Waals surface area contributed by atoms with E-state index in [1.807, 2.05) is 30.5 Å². The molecule has 60 heavy (non-hydrogen) atoms. The molecular formula is C47H48N2O11. The van der Waals surface area contributed by atoms with E-state index in [4.69, 9.17) is 23.7 Å². The molecule has 1 saturated heterocycles. The summed E-state index contributed by atoms with van der Waals surface area (Å²) >= 11 is 0. The average Bonchev–Trinajstić information content (AvgIpc) is 4.01. The number of methoxy groups -OCH3 is 1. The fraction of sp³-hybridized carbons (Fsp3) is 0.404. The Morgan fingerprint density at radius 3 is 2.68 bits per heavy atom. The third-order valence-electron chi connectivity index (χ3n) is 12.4. The van der Waals surface area contributed by atoms with Gasteiger partial charge in [-0.2, -0.15) is 0 Å². The van der Waals surface area contributed by atoms with Gasteiger partial charge in [-0.25, -0.2) is 0 Å². The van der Waals surface area contributed by atoms with Crippen LogP contribution < -0.4 is 9.47 Å². The minimum absolute atomic E-state index is 0.0190. The Kier molecular flexibility index (Phi) is 11.1. The van der Waals surface area contributed by atoms with E-state index in [0.717, 1.165) is 65.3 Å². The molecule has 312 valence electrons. The van der Waals surface area contributed by atoms with E-state index in [1.54, 1.807) is 24.3 Å². The van der Waals surface area contributed by atoms with Crippen LogP contribution in [0.5, 0.6) is 17.2 Å². The molecule has 13 nitrogen and oxygen atoms in total. The second-order valence-electron chi connectivity index (χ2n) is 16.1. The number of hydrogen-bond acceptors (Lipinski definition) is 11. The Morgan fingerprint density at radius 2 is 1.87 bits per heavy atom. The van der Waals surface area contributed by atoms with Gasteiger partial charge in [0.1, 0.15) is 35.6 Å². The number of hydrogen-bond donors (Lipinski definition) is 5. The van der Waals surface area contributed by atoms with E-state index in [9.17, 15) is 30.0 Å². The van der Waals surface area contributed by atoms with Gasteiger partial charge >= 0.3 is 0 Å². The van der Waals surface area contributed by atoms with Crippen molar-refractivity contribution in [1.82, 2.24) is 9.88 Å². The second kappa shape index (κ2) is 16.8. The molecule has 5 atom stereocenters. The smallest absolute Gasteiger partial charge is 0.254 e. The number of carbonyl (C=O) groups is 2. The van der Waals surface area contributed by atoms with Gasteiger partial charge in [0.2, 0.25) is 6.29 Å². The topological polar surface area (TPSA) is 180 Å². The van der Waals surface area contributed by atoms with E-state index < -0.39 is 36.5 Å². The number of aromatic hydroxyl groups is 1. The molecule has 0 spiro atoms. The number of Topliss-reactive ketones (excluding diaryl/α,β-unsaturated/α-hetero) is 1. The number of ether oxygens (including phenoxy) is 5. The summed E-state index contributed by atoms with van der Waals surface area (Å²) in [5, 5.41) is 46.8. The van der Waals surface area contributed by atoms with Crippen LogP contribution in [0.1, 0.15) is 86.6 Å². The molecule has 1 aromatic heterocycles. The second-order valence-corrected chi connectivity index (χ2v) is 16.1. The predicted octanol–water partition coefficient (Wildman–Crippen LogP) is 5.40. The Labute approximate surface area is 346 Å². The zero-order valence-electron chi connectivity index (χ0n) is 33.3. The lowest BCUT2D eigenvalue weighted by atomic mass is 9.87. The van der Waals surface area contributed by atoms with Crippen molar-refractivity contribution < 1.29 is 53.7 Å². The molecule has 0 unspecified atom stereocenters. The number of amides is 1. The summed E-state index contributed by atoms with van der Waals surface area (Å²) < 4.78 is 30.5. The largest absolute Gasteiger partial charge is 0.506 e. The maximum absolute atomic E-state index is 14.5. The first-order chi connectivity index (χ1) is 29.2. The van der Waals surface area contributed by atoms with Crippen LogP contribution in [0.3, 0.4) is 0 Å². The molecule has 0 radical (unpaired) electrons. The first-order valence-corrected chi connectivity index (χ1v) is 20.6. The van der Waals surface area contributed by atoms with Crippen LogP contribution in [0, 0.1) is 12.0 Å². The number of phenolic OH excluding ortho intramolecular Hbond substituents is 1. The molecule has 1 aliphatic carbocycles. The predicted molar refractivity (Wildman–Crippen MR) is 220 cm³/mol. The zero-order chi connectivity index (χ0) is 41.5. The maximum atomic E-state index is 14.5. The number of H-pyrrole nitrogens is 1. The summed E-state index contributed by atoms with van der Waals surface area (Å²) in [5.74, 6) is 2.47. The number of aromatic nitrogens is 1. The van der Waals surface area contributed by atoms with Crippen molar-refractivity contribution in [2.24, 2.45) is 0 Å². The summed E-state index contributed by atoms with van der Waals surface area (Å²) in [6, 6.07) is 16.6. The molecule has 6 bridgehead atoms. The van der Waals surface area contributed by atoms with E-state index in [2.05, 4.69) is 23.1 Å². The summed E-state index contributed by atoms with van der Waals surface area (Å²) in [4.78, 5) is 33.0. The number of aromatic amines is 1. The highest BCUT2D eigenvalue weighted by Gasteiger charge is 2.48. The highest BCUT2D eigenvalue weighted by atomic mass is 16.7. The first kappa shape index (κ1) is 39.8. The van der Waals surface area contributed by atoms with E-state index in [-0.39, 0.29) is 73.6 Å². The Morgan fingerprint density at radius 1 is 1.02 bits per heavy atom. The van der Waals surface area contributed by atoms with Crippen molar-refractivity contribution in [3.05, 3.63) is 99.7 Å². The van der Waals surface area contributed by atoms with Crippen LogP contribution in [-0.4, -0.2) is 99.6 Å². The lowest BCUT2D eigenvalue weighted by Crippen LogP contribution is -2.60. The SMILES string of the molecule is COc1cc2c3c(O)c(c(C4CCCC4)cc3c1)C(=O)CN1Cc3c(cccc3C1=O)CC#CO[C@@H]1[C@@H](O)[C@@H](O2)O[C@H](COCc2c[nH]c3ccc(CCCO)cc23)[C@H]1O. The van der Waals surface area contributed by atoms with Gasteiger partial charge in [0.15, 0.2) is 18.0 Å². The number of nitrogens with one attached hydrogen (secondary N) is 1. The average molecular weight is 817 g/mol. The molecule has 3 aliphatic heterocycles. The quantitative estimate of drug-likeness (QED) is 0.120. The molecule has 1 amide bonds. The Bertz CT molecular complexity index is 2510. The fourth-order valence-corrected chi connectivity index (χ4v) is 9.25. The molecule has 4 aliphatic rings. The van der Waals surface area contributed by atoms with Gasteiger partial charge in [0.05, 0.1) is 37.8 Å². The minimum atomic E-state index is -1.58. The van der Waals surface area contributed by atoms with Crippen molar-refractivity contribution in [1.29, 1.82) is 0 Å².